The quantitative estimate of drug-likeness (QED) is 0.381. The molecule has 2 aliphatic rings. The highest BCUT2D eigenvalue weighted by Gasteiger charge is 2.49. The average molecular weight is 560 g/mol. The van der Waals surface area contributed by atoms with Crippen LogP contribution in [0.1, 0.15) is 74.3 Å². The third-order valence-electron chi connectivity index (χ3n) is 8.12. The van der Waals surface area contributed by atoms with Gasteiger partial charge >= 0.3 is 12.4 Å². The van der Waals surface area contributed by atoms with Crippen molar-refractivity contribution < 1.29 is 40.9 Å². The minimum atomic E-state index is -4.96. The minimum Gasteiger partial charge on any atom is -0.389 e. The van der Waals surface area contributed by atoms with E-state index in [2.05, 4.69) is 18.7 Å². The predicted octanol–water partition coefficient (Wildman–Crippen LogP) is 7.18. The normalized spacial score (nSPS) is 25.6. The fourth-order valence-electron chi connectivity index (χ4n) is 5.87. The van der Waals surface area contributed by atoms with Crippen LogP contribution in [0.5, 0.6) is 0 Å². The Morgan fingerprint density at radius 1 is 0.923 bits per heavy atom. The lowest BCUT2D eigenvalue weighted by Gasteiger charge is -2.50. The molecule has 2 heterocycles. The Bertz CT molecular complexity index is 1060. The molecule has 0 bridgehead atoms. The number of piperidine rings is 1. The van der Waals surface area contributed by atoms with E-state index in [-0.39, 0.29) is 24.2 Å². The molecule has 2 aliphatic heterocycles. The molecule has 4 nitrogen and oxygen atoms in total. The first kappa shape index (κ1) is 29.8. The predicted molar refractivity (Wildman–Crippen MR) is 134 cm³/mol. The van der Waals surface area contributed by atoms with Crippen molar-refractivity contribution in [1.29, 1.82) is 0 Å². The molecule has 0 amide bonds. The van der Waals surface area contributed by atoms with Gasteiger partial charge in [-0.15, -0.1) is 0 Å². The molecule has 2 fully saturated rings. The first-order valence-corrected chi connectivity index (χ1v) is 13.3. The van der Waals surface area contributed by atoms with Crippen LogP contribution in [0.4, 0.5) is 26.3 Å². The lowest BCUT2D eigenvalue weighted by Crippen LogP contribution is -2.55. The molecule has 0 aromatic heterocycles. The molecule has 2 saturated heterocycles. The second kappa shape index (κ2) is 11.4. The Hall–Kier alpha value is -2.14. The van der Waals surface area contributed by atoms with Crippen molar-refractivity contribution in [1.82, 2.24) is 4.90 Å². The molecule has 4 rings (SSSR count). The first-order valence-electron chi connectivity index (χ1n) is 13.3. The van der Waals surface area contributed by atoms with Crippen molar-refractivity contribution in [3.8, 4) is 0 Å². The maximum Gasteiger partial charge on any atom is 0.416 e. The standard InChI is InChI=1S/C29H35F6NO3/c1-18(2)36-12-10-27(37,11-13-36)24-9-14-38-26(25(24)20-7-5-4-6-8-20)39-19(3)21-15-22(28(30,31)32)17-23(16-21)29(33,34)35/h4-8,15-19,24-26,37H,9-14H2,1-3H3/t19?,24-,25+,26-/m1/s1. The summed E-state index contributed by atoms with van der Waals surface area (Å²) in [7, 11) is 0. The molecule has 2 aromatic carbocycles. The highest BCUT2D eigenvalue weighted by Crippen LogP contribution is 2.47. The molecule has 0 aliphatic carbocycles. The number of benzene rings is 2. The lowest BCUT2D eigenvalue weighted by atomic mass is 9.68. The molecule has 2 aromatic rings. The van der Waals surface area contributed by atoms with Gasteiger partial charge in [-0.3, -0.25) is 0 Å². The summed E-state index contributed by atoms with van der Waals surface area (Å²) in [5.74, 6) is -0.738. The molecule has 1 unspecified atom stereocenters. The van der Waals surface area contributed by atoms with E-state index in [0.29, 0.717) is 37.4 Å². The number of halogens is 6. The van der Waals surface area contributed by atoms with Gasteiger partial charge in [-0.1, -0.05) is 30.3 Å². The Balaban J connectivity index is 1.65. The molecule has 10 heteroatoms. The van der Waals surface area contributed by atoms with Crippen molar-refractivity contribution in [2.45, 2.75) is 82.3 Å². The number of likely N-dealkylation sites (tertiary alicyclic amines) is 1. The fourth-order valence-corrected chi connectivity index (χ4v) is 5.87. The summed E-state index contributed by atoms with van der Waals surface area (Å²) < 4.78 is 92.8. The average Bonchev–Trinajstić information content (AvgIpc) is 2.88. The Morgan fingerprint density at radius 3 is 2.00 bits per heavy atom. The number of ether oxygens (including phenoxy) is 2. The van der Waals surface area contributed by atoms with Gasteiger partial charge in [0, 0.05) is 31.0 Å². The van der Waals surface area contributed by atoms with Gasteiger partial charge < -0.3 is 19.5 Å². The zero-order valence-electron chi connectivity index (χ0n) is 22.2. The number of aliphatic hydroxyl groups is 1. The second-order valence-electron chi connectivity index (χ2n) is 10.9. The first-order chi connectivity index (χ1) is 18.2. The number of rotatable bonds is 6. The summed E-state index contributed by atoms with van der Waals surface area (Å²) in [5.41, 5.74) is -3.22. The molecule has 4 atom stereocenters. The van der Waals surface area contributed by atoms with Crippen molar-refractivity contribution in [3.63, 3.8) is 0 Å². The van der Waals surface area contributed by atoms with Crippen LogP contribution in [-0.4, -0.2) is 47.6 Å². The summed E-state index contributed by atoms with van der Waals surface area (Å²) in [6.07, 6.45) is -10.4. The Labute approximate surface area is 224 Å². The molecule has 39 heavy (non-hydrogen) atoms. The van der Waals surface area contributed by atoms with Gasteiger partial charge in [0.2, 0.25) is 0 Å². The fraction of sp³-hybridized carbons (Fsp3) is 0.586. The zero-order chi connectivity index (χ0) is 28.6. The summed E-state index contributed by atoms with van der Waals surface area (Å²) in [4.78, 5) is 2.30. The van der Waals surface area contributed by atoms with Gasteiger partial charge in [0.25, 0.3) is 0 Å². The molecule has 0 saturated carbocycles. The van der Waals surface area contributed by atoms with Crippen molar-refractivity contribution in [3.05, 3.63) is 70.8 Å². The van der Waals surface area contributed by atoms with E-state index < -0.39 is 47.4 Å². The van der Waals surface area contributed by atoms with E-state index in [1.54, 1.807) is 0 Å². The van der Waals surface area contributed by atoms with Crippen molar-refractivity contribution in [2.24, 2.45) is 5.92 Å². The summed E-state index contributed by atoms with van der Waals surface area (Å²) in [6.45, 7) is 7.32. The van der Waals surface area contributed by atoms with Crippen LogP contribution in [0.2, 0.25) is 0 Å². The maximum absolute atomic E-state index is 13.5. The van der Waals surface area contributed by atoms with Gasteiger partial charge in [0.1, 0.15) is 0 Å². The number of hydrogen-bond donors (Lipinski definition) is 1. The maximum atomic E-state index is 13.5. The van der Waals surface area contributed by atoms with E-state index in [4.69, 9.17) is 9.47 Å². The monoisotopic (exact) mass is 559 g/mol. The van der Waals surface area contributed by atoms with Crippen LogP contribution < -0.4 is 0 Å². The molecule has 1 N–H and O–H groups in total. The zero-order valence-corrected chi connectivity index (χ0v) is 22.2. The van der Waals surface area contributed by atoms with Gasteiger partial charge in [-0.05, 0) is 69.4 Å². The van der Waals surface area contributed by atoms with E-state index >= 15 is 0 Å². The lowest BCUT2D eigenvalue weighted by molar-refractivity contribution is -0.232. The van der Waals surface area contributed by atoms with Crippen molar-refractivity contribution in [2.75, 3.05) is 19.7 Å². The van der Waals surface area contributed by atoms with Crippen LogP contribution in [-0.2, 0) is 21.8 Å². The number of nitrogens with zero attached hydrogens (tertiary/aromatic N) is 1. The van der Waals surface area contributed by atoms with Crippen molar-refractivity contribution >= 4 is 0 Å². The smallest absolute Gasteiger partial charge is 0.389 e. The van der Waals surface area contributed by atoms with Gasteiger partial charge in [-0.2, -0.15) is 26.3 Å². The van der Waals surface area contributed by atoms with Crippen LogP contribution in [0.25, 0.3) is 0 Å². The van der Waals surface area contributed by atoms with Crippen LogP contribution in [0, 0.1) is 5.92 Å². The SMILES string of the molecule is CC(O[C@H]1OCC[C@@H](C2(O)CCN(C(C)C)CC2)[C@@H]1c1ccccc1)c1cc(C(F)(F)F)cc(C(F)(F)F)c1. The summed E-state index contributed by atoms with van der Waals surface area (Å²) in [5, 5.41) is 11.9. The largest absolute Gasteiger partial charge is 0.416 e. The van der Waals surface area contributed by atoms with Gasteiger partial charge in [0.15, 0.2) is 6.29 Å². The van der Waals surface area contributed by atoms with E-state index in [9.17, 15) is 31.4 Å². The highest BCUT2D eigenvalue weighted by molar-refractivity contribution is 5.35. The Kier molecular flexibility index (Phi) is 8.71. The second-order valence-corrected chi connectivity index (χ2v) is 10.9. The van der Waals surface area contributed by atoms with E-state index in [1.165, 1.54) is 6.92 Å². The third-order valence-corrected chi connectivity index (χ3v) is 8.12. The number of alkyl halides is 6. The molecule has 216 valence electrons. The minimum absolute atomic E-state index is 0.106. The molecular weight excluding hydrogens is 524 g/mol. The molecule has 0 radical (unpaired) electrons. The van der Waals surface area contributed by atoms with Crippen LogP contribution in [0.15, 0.2) is 48.5 Å². The summed E-state index contributed by atoms with van der Waals surface area (Å²) >= 11 is 0. The summed E-state index contributed by atoms with van der Waals surface area (Å²) in [6, 6.07) is 11.1. The van der Waals surface area contributed by atoms with Crippen LogP contribution >= 0.6 is 0 Å². The van der Waals surface area contributed by atoms with E-state index in [1.807, 2.05) is 30.3 Å². The van der Waals surface area contributed by atoms with E-state index in [0.717, 1.165) is 18.7 Å². The third kappa shape index (κ3) is 6.78. The topological polar surface area (TPSA) is 41.9 Å². The molecular formula is C29H35F6NO3. The van der Waals surface area contributed by atoms with Gasteiger partial charge in [-0.25, -0.2) is 0 Å². The number of hydrogen-bond acceptors (Lipinski definition) is 4. The van der Waals surface area contributed by atoms with Gasteiger partial charge in [0.05, 0.1) is 29.4 Å². The Morgan fingerprint density at radius 2 is 1.49 bits per heavy atom. The van der Waals surface area contributed by atoms with Crippen LogP contribution in [0.3, 0.4) is 0 Å². The highest BCUT2D eigenvalue weighted by atomic mass is 19.4. The molecule has 0 spiro atoms.